The molecular weight excluding hydrogens is 372 g/mol. The molecule has 0 radical (unpaired) electrons. The lowest BCUT2D eigenvalue weighted by molar-refractivity contribution is 0.666. The van der Waals surface area contributed by atoms with Gasteiger partial charge in [0.1, 0.15) is 10.8 Å². The van der Waals surface area contributed by atoms with Crippen molar-refractivity contribution in [1.29, 1.82) is 0 Å². The minimum Gasteiger partial charge on any atom is -0.359 e. The van der Waals surface area contributed by atoms with Gasteiger partial charge in [-0.3, -0.25) is 0 Å². The van der Waals surface area contributed by atoms with E-state index >= 15 is 0 Å². The number of aliphatic imine (C=N–C) groups is 1. The van der Waals surface area contributed by atoms with Gasteiger partial charge in [0, 0.05) is 5.70 Å². The average molecular weight is 389 g/mol. The highest BCUT2D eigenvalue weighted by Gasteiger charge is 2.17. The number of allylic oxidation sites excluding steroid dienone is 1. The molecule has 0 aliphatic carbocycles. The van der Waals surface area contributed by atoms with E-state index in [0.29, 0.717) is 0 Å². The second-order valence-corrected chi connectivity index (χ2v) is 6.72. The molecule has 1 aliphatic rings. The Morgan fingerprint density at radius 1 is 0.680 bits per heavy atom. The van der Waals surface area contributed by atoms with Crippen LogP contribution in [0.4, 0.5) is 0 Å². The zero-order chi connectivity index (χ0) is 17.1. The van der Waals surface area contributed by atoms with E-state index in [2.05, 4.69) is 86.9 Å². The number of nitrogens with one attached hydrogen (secondary N) is 1. The number of hydrogen-bond donors (Lipinski definition) is 1. The molecule has 0 spiro atoms. The van der Waals surface area contributed by atoms with Gasteiger partial charge in [0.25, 0.3) is 0 Å². The summed E-state index contributed by atoms with van der Waals surface area (Å²) in [5, 5.41) is 3.52. The van der Waals surface area contributed by atoms with Crippen LogP contribution in [-0.2, 0) is 0 Å². The monoisotopic (exact) mass is 388 g/mol. The Hall–Kier alpha value is -2.65. The quantitative estimate of drug-likeness (QED) is 0.603. The van der Waals surface area contributed by atoms with Gasteiger partial charge in [-0.2, -0.15) is 0 Å². The van der Waals surface area contributed by atoms with E-state index < -0.39 is 0 Å². The van der Waals surface area contributed by atoms with Crippen molar-refractivity contribution in [3.63, 3.8) is 0 Å². The molecule has 1 N–H and O–H groups in total. The largest absolute Gasteiger partial charge is 0.359 e. The standard InChI is InChI=1S/C22H17BrN2/c23-21-15-20(24-22(25-21)19-9-5-2-6-10-19)18-13-11-17(12-14-18)16-7-3-1-4-8-16/h1-15,22,24H. The van der Waals surface area contributed by atoms with E-state index in [-0.39, 0.29) is 6.17 Å². The number of benzene rings is 3. The van der Waals surface area contributed by atoms with Crippen LogP contribution in [-0.4, -0.2) is 4.62 Å². The Morgan fingerprint density at radius 3 is 1.92 bits per heavy atom. The zero-order valence-corrected chi connectivity index (χ0v) is 15.1. The molecule has 1 heterocycles. The first-order chi connectivity index (χ1) is 12.3. The van der Waals surface area contributed by atoms with Crippen LogP contribution >= 0.6 is 15.9 Å². The molecule has 3 aromatic rings. The third kappa shape index (κ3) is 3.57. The third-order valence-electron chi connectivity index (χ3n) is 4.23. The number of nitrogens with zero attached hydrogens (tertiary/aromatic N) is 1. The number of hydrogen-bond acceptors (Lipinski definition) is 2. The first-order valence-electron chi connectivity index (χ1n) is 8.22. The van der Waals surface area contributed by atoms with Gasteiger partial charge in [-0.1, -0.05) is 84.9 Å². The molecule has 4 rings (SSSR count). The maximum absolute atomic E-state index is 4.64. The molecular formula is C22H17BrN2. The number of rotatable bonds is 3. The molecule has 1 atom stereocenters. The van der Waals surface area contributed by atoms with Gasteiger partial charge in [0.05, 0.1) is 0 Å². The van der Waals surface area contributed by atoms with Crippen LogP contribution in [0.1, 0.15) is 17.3 Å². The fraction of sp³-hybridized carbons (Fsp3) is 0.0455. The molecule has 0 aromatic heterocycles. The van der Waals surface area contributed by atoms with Crippen molar-refractivity contribution < 1.29 is 0 Å². The van der Waals surface area contributed by atoms with Crippen LogP contribution in [0.15, 0.2) is 96.0 Å². The van der Waals surface area contributed by atoms with E-state index in [1.165, 1.54) is 11.1 Å². The highest BCUT2D eigenvalue weighted by Crippen LogP contribution is 2.27. The molecule has 2 nitrogen and oxygen atoms in total. The SMILES string of the molecule is BrC1=NC(c2ccccc2)NC(c2ccc(-c3ccccc3)cc2)=C1. The molecule has 0 fully saturated rings. The second-order valence-electron chi connectivity index (χ2n) is 5.91. The van der Waals surface area contributed by atoms with Gasteiger partial charge >= 0.3 is 0 Å². The van der Waals surface area contributed by atoms with Crippen molar-refractivity contribution >= 4 is 26.2 Å². The summed E-state index contributed by atoms with van der Waals surface area (Å²) in [6.07, 6.45) is 1.95. The van der Waals surface area contributed by atoms with Crippen molar-refractivity contribution in [2.24, 2.45) is 4.99 Å². The van der Waals surface area contributed by atoms with Gasteiger partial charge in [0.2, 0.25) is 0 Å². The van der Waals surface area contributed by atoms with Gasteiger partial charge in [0.15, 0.2) is 0 Å². The Labute approximate surface area is 156 Å². The molecule has 25 heavy (non-hydrogen) atoms. The zero-order valence-electron chi connectivity index (χ0n) is 13.6. The topological polar surface area (TPSA) is 24.4 Å². The summed E-state index contributed by atoms with van der Waals surface area (Å²) >= 11 is 3.55. The lowest BCUT2D eigenvalue weighted by Gasteiger charge is -2.23. The first kappa shape index (κ1) is 15.9. The smallest absolute Gasteiger partial charge is 0.146 e. The second kappa shape index (κ2) is 7.08. The minimum atomic E-state index is -0.0793. The number of halogens is 1. The van der Waals surface area contributed by atoms with Crippen LogP contribution in [0.25, 0.3) is 16.8 Å². The fourth-order valence-corrected chi connectivity index (χ4v) is 3.37. The lowest BCUT2D eigenvalue weighted by atomic mass is 10.0. The van der Waals surface area contributed by atoms with Crippen molar-refractivity contribution in [3.05, 3.63) is 102 Å². The van der Waals surface area contributed by atoms with E-state index in [4.69, 9.17) is 0 Å². The Morgan fingerprint density at radius 2 is 1.24 bits per heavy atom. The Kier molecular flexibility index (Phi) is 4.49. The molecule has 0 saturated heterocycles. The Balaban J connectivity index is 1.60. The maximum Gasteiger partial charge on any atom is 0.146 e. The summed E-state index contributed by atoms with van der Waals surface area (Å²) in [4.78, 5) is 4.64. The van der Waals surface area contributed by atoms with Crippen LogP contribution in [0.3, 0.4) is 0 Å². The molecule has 122 valence electrons. The molecule has 1 unspecified atom stereocenters. The summed E-state index contributed by atoms with van der Waals surface area (Å²) in [6, 6.07) is 29.3. The van der Waals surface area contributed by atoms with Gasteiger partial charge in [-0.15, -0.1) is 0 Å². The van der Waals surface area contributed by atoms with Crippen molar-refractivity contribution in [1.82, 2.24) is 5.32 Å². The fourth-order valence-electron chi connectivity index (χ4n) is 2.93. The summed E-state index contributed by atoms with van der Waals surface area (Å²) < 4.78 is 0.849. The summed E-state index contributed by atoms with van der Waals surface area (Å²) in [5.41, 5.74) is 5.80. The molecule has 3 aromatic carbocycles. The summed E-state index contributed by atoms with van der Waals surface area (Å²) in [7, 11) is 0. The summed E-state index contributed by atoms with van der Waals surface area (Å²) in [5.74, 6) is 0. The summed E-state index contributed by atoms with van der Waals surface area (Å²) in [6.45, 7) is 0. The first-order valence-corrected chi connectivity index (χ1v) is 9.01. The molecule has 3 heteroatoms. The normalized spacial score (nSPS) is 16.6. The third-order valence-corrected chi connectivity index (χ3v) is 4.66. The predicted octanol–water partition coefficient (Wildman–Crippen LogP) is 5.79. The van der Waals surface area contributed by atoms with Crippen LogP contribution in [0, 0.1) is 0 Å². The predicted molar refractivity (Wildman–Crippen MR) is 109 cm³/mol. The van der Waals surface area contributed by atoms with Crippen LogP contribution in [0.5, 0.6) is 0 Å². The highest BCUT2D eigenvalue weighted by molar-refractivity contribution is 9.18. The van der Waals surface area contributed by atoms with E-state index in [9.17, 15) is 0 Å². The van der Waals surface area contributed by atoms with Crippen molar-refractivity contribution in [3.8, 4) is 11.1 Å². The lowest BCUT2D eigenvalue weighted by Crippen LogP contribution is -2.22. The molecule has 1 aliphatic heterocycles. The van der Waals surface area contributed by atoms with Crippen molar-refractivity contribution in [2.45, 2.75) is 6.17 Å². The van der Waals surface area contributed by atoms with Crippen LogP contribution in [0.2, 0.25) is 0 Å². The van der Waals surface area contributed by atoms with Gasteiger partial charge in [-0.05, 0) is 44.3 Å². The molecule has 0 amide bonds. The Bertz CT molecular complexity index is 913. The minimum absolute atomic E-state index is 0.0793. The van der Waals surface area contributed by atoms with Crippen molar-refractivity contribution in [2.75, 3.05) is 0 Å². The average Bonchev–Trinajstić information content (AvgIpc) is 2.69. The van der Waals surface area contributed by atoms with E-state index in [1.807, 2.05) is 30.3 Å². The molecule has 0 bridgehead atoms. The van der Waals surface area contributed by atoms with E-state index in [1.54, 1.807) is 0 Å². The van der Waals surface area contributed by atoms with E-state index in [0.717, 1.165) is 21.4 Å². The highest BCUT2D eigenvalue weighted by atomic mass is 79.9. The molecule has 0 saturated carbocycles. The van der Waals surface area contributed by atoms with Crippen LogP contribution < -0.4 is 5.32 Å². The van der Waals surface area contributed by atoms with Gasteiger partial charge in [-0.25, -0.2) is 4.99 Å². The maximum atomic E-state index is 4.64. The van der Waals surface area contributed by atoms with Gasteiger partial charge < -0.3 is 5.32 Å².